The molecule has 0 bridgehead atoms. The summed E-state index contributed by atoms with van der Waals surface area (Å²) < 4.78 is 0. The fourth-order valence-electron chi connectivity index (χ4n) is 4.18. The highest BCUT2D eigenvalue weighted by molar-refractivity contribution is 7.10. The van der Waals surface area contributed by atoms with Crippen LogP contribution in [-0.2, 0) is 12.0 Å². The highest BCUT2D eigenvalue weighted by atomic mass is 32.1. The molecule has 2 unspecified atom stereocenters. The molecule has 1 aliphatic heterocycles. The lowest BCUT2D eigenvalue weighted by atomic mass is 9.85. The maximum atomic E-state index is 11.7. The van der Waals surface area contributed by atoms with Crippen LogP contribution < -0.4 is 0 Å². The maximum Gasteiger partial charge on any atom is 0.125 e. The van der Waals surface area contributed by atoms with Gasteiger partial charge in [0.15, 0.2) is 0 Å². The largest absolute Gasteiger partial charge is 0.379 e. The second-order valence-electron chi connectivity index (χ2n) is 6.63. The predicted molar refractivity (Wildman–Crippen MR) is 91.3 cm³/mol. The number of nitrogens with zero attached hydrogens (tertiary/aromatic N) is 1. The van der Waals surface area contributed by atoms with Gasteiger partial charge in [0.1, 0.15) is 5.60 Å². The zero-order chi connectivity index (χ0) is 15.0. The molecule has 116 valence electrons. The molecule has 1 fully saturated rings. The van der Waals surface area contributed by atoms with Gasteiger partial charge >= 0.3 is 0 Å². The number of likely N-dealkylation sites (tertiary alicyclic amines) is 1. The summed E-state index contributed by atoms with van der Waals surface area (Å²) in [6.45, 7) is 2.39. The molecule has 2 nitrogen and oxygen atoms in total. The van der Waals surface area contributed by atoms with E-state index in [0.29, 0.717) is 6.04 Å². The Hall–Kier alpha value is -1.16. The average molecular weight is 313 g/mol. The zero-order valence-corrected chi connectivity index (χ0v) is 13.7. The summed E-state index contributed by atoms with van der Waals surface area (Å²) in [5.74, 6) is 0. The number of rotatable bonds is 2. The Morgan fingerprint density at radius 3 is 2.68 bits per heavy atom. The SMILES string of the molecule is OC1(c2cccs2)CC(N2CCCC2)CCc2ccccc21. The zero-order valence-electron chi connectivity index (χ0n) is 12.9. The summed E-state index contributed by atoms with van der Waals surface area (Å²) in [5.41, 5.74) is 1.62. The highest BCUT2D eigenvalue weighted by Gasteiger charge is 2.40. The number of benzene rings is 1. The molecule has 2 atom stereocenters. The third kappa shape index (κ3) is 2.41. The predicted octanol–water partition coefficient (Wildman–Crippen LogP) is 3.78. The average Bonchev–Trinajstić information content (AvgIpc) is 3.23. The van der Waals surface area contributed by atoms with Gasteiger partial charge in [0.25, 0.3) is 0 Å². The molecule has 2 heterocycles. The Morgan fingerprint density at radius 1 is 1.09 bits per heavy atom. The fraction of sp³-hybridized carbons (Fsp3) is 0.474. The standard InChI is InChI=1S/C19H23NOS/c21-19(18-8-5-13-22-18)14-16(20-11-3-4-12-20)10-9-15-6-1-2-7-17(15)19/h1-2,5-8,13,16,21H,3-4,9-12,14H2. The van der Waals surface area contributed by atoms with Crippen molar-refractivity contribution in [2.24, 2.45) is 0 Å². The van der Waals surface area contributed by atoms with Crippen molar-refractivity contribution in [3.8, 4) is 0 Å². The topological polar surface area (TPSA) is 23.5 Å². The monoisotopic (exact) mass is 313 g/mol. The second-order valence-corrected chi connectivity index (χ2v) is 7.58. The number of thiophene rings is 1. The first-order valence-electron chi connectivity index (χ1n) is 8.36. The van der Waals surface area contributed by atoms with Gasteiger partial charge in [-0.05, 0) is 61.3 Å². The third-order valence-electron chi connectivity index (χ3n) is 5.33. The highest BCUT2D eigenvalue weighted by Crippen LogP contribution is 2.42. The molecule has 4 rings (SSSR count). The van der Waals surface area contributed by atoms with Crippen LogP contribution in [-0.4, -0.2) is 29.1 Å². The lowest BCUT2D eigenvalue weighted by Gasteiger charge is -2.34. The molecular formula is C19H23NOS. The number of aliphatic hydroxyl groups is 1. The van der Waals surface area contributed by atoms with Gasteiger partial charge in [-0.15, -0.1) is 11.3 Å². The third-order valence-corrected chi connectivity index (χ3v) is 6.35. The van der Waals surface area contributed by atoms with E-state index in [1.165, 1.54) is 31.5 Å². The molecule has 1 aliphatic carbocycles. The van der Waals surface area contributed by atoms with Crippen molar-refractivity contribution in [3.63, 3.8) is 0 Å². The van der Waals surface area contributed by atoms with Crippen LogP contribution >= 0.6 is 11.3 Å². The van der Waals surface area contributed by atoms with Crippen LogP contribution in [0, 0.1) is 0 Å². The first-order chi connectivity index (χ1) is 10.8. The van der Waals surface area contributed by atoms with Gasteiger partial charge in [0, 0.05) is 17.3 Å². The number of hydrogen-bond donors (Lipinski definition) is 1. The van der Waals surface area contributed by atoms with Crippen molar-refractivity contribution in [3.05, 3.63) is 57.8 Å². The van der Waals surface area contributed by atoms with Crippen molar-refractivity contribution in [1.29, 1.82) is 0 Å². The Bertz CT molecular complexity index is 633. The molecule has 1 N–H and O–H groups in total. The van der Waals surface area contributed by atoms with E-state index in [-0.39, 0.29) is 0 Å². The summed E-state index contributed by atoms with van der Waals surface area (Å²) >= 11 is 1.68. The van der Waals surface area contributed by atoms with E-state index in [2.05, 4.69) is 46.7 Å². The molecule has 0 radical (unpaired) electrons. The van der Waals surface area contributed by atoms with Crippen molar-refractivity contribution < 1.29 is 5.11 Å². The lowest BCUT2D eigenvalue weighted by molar-refractivity contribution is 0.0431. The lowest BCUT2D eigenvalue weighted by Crippen LogP contribution is -2.39. The van der Waals surface area contributed by atoms with Crippen LogP contribution in [0.3, 0.4) is 0 Å². The van der Waals surface area contributed by atoms with Gasteiger partial charge in [-0.3, -0.25) is 0 Å². The van der Waals surface area contributed by atoms with E-state index < -0.39 is 5.60 Å². The van der Waals surface area contributed by atoms with Crippen molar-refractivity contribution in [1.82, 2.24) is 4.90 Å². The first kappa shape index (κ1) is 14.4. The van der Waals surface area contributed by atoms with Crippen molar-refractivity contribution in [2.45, 2.75) is 43.7 Å². The Labute approximate surface area is 136 Å². The van der Waals surface area contributed by atoms with Crippen LogP contribution in [0.5, 0.6) is 0 Å². The molecule has 1 saturated heterocycles. The Morgan fingerprint density at radius 2 is 1.91 bits per heavy atom. The number of fused-ring (bicyclic) bond motifs is 1. The minimum Gasteiger partial charge on any atom is -0.379 e. The van der Waals surface area contributed by atoms with Gasteiger partial charge in [-0.25, -0.2) is 0 Å². The summed E-state index contributed by atoms with van der Waals surface area (Å²) in [6, 6.07) is 13.1. The van der Waals surface area contributed by atoms with Gasteiger partial charge in [-0.2, -0.15) is 0 Å². The summed E-state index contributed by atoms with van der Waals surface area (Å²) in [6.07, 6.45) is 5.67. The number of hydrogen-bond acceptors (Lipinski definition) is 3. The quantitative estimate of drug-likeness (QED) is 0.853. The molecule has 3 heteroatoms. The van der Waals surface area contributed by atoms with Gasteiger partial charge in [-0.1, -0.05) is 30.3 Å². The summed E-state index contributed by atoms with van der Waals surface area (Å²) in [5, 5.41) is 13.8. The van der Waals surface area contributed by atoms with Crippen LogP contribution in [0.15, 0.2) is 41.8 Å². The number of aryl methyl sites for hydroxylation is 1. The molecule has 2 aromatic rings. The summed E-state index contributed by atoms with van der Waals surface area (Å²) in [7, 11) is 0. The Balaban J connectivity index is 1.77. The van der Waals surface area contributed by atoms with E-state index in [4.69, 9.17) is 0 Å². The normalized spacial score (nSPS) is 29.2. The molecule has 2 aliphatic rings. The molecular weight excluding hydrogens is 290 g/mol. The van der Waals surface area contributed by atoms with Gasteiger partial charge in [0.05, 0.1) is 0 Å². The fourth-order valence-corrected chi connectivity index (χ4v) is 5.03. The molecule has 1 aromatic heterocycles. The minimum atomic E-state index is -0.825. The second kappa shape index (κ2) is 5.80. The molecule has 0 amide bonds. The smallest absolute Gasteiger partial charge is 0.125 e. The molecule has 0 saturated carbocycles. The maximum absolute atomic E-state index is 11.7. The molecule has 0 spiro atoms. The van der Waals surface area contributed by atoms with Crippen molar-refractivity contribution >= 4 is 11.3 Å². The van der Waals surface area contributed by atoms with Crippen molar-refractivity contribution in [2.75, 3.05) is 13.1 Å². The van der Waals surface area contributed by atoms with E-state index in [1.54, 1.807) is 11.3 Å². The van der Waals surface area contributed by atoms with E-state index in [1.807, 2.05) is 0 Å². The minimum absolute atomic E-state index is 0.488. The Kier molecular flexibility index (Phi) is 3.81. The van der Waals surface area contributed by atoms with Gasteiger partial charge < -0.3 is 10.0 Å². The molecule has 22 heavy (non-hydrogen) atoms. The van der Waals surface area contributed by atoms with Crippen LogP contribution in [0.4, 0.5) is 0 Å². The molecule has 1 aromatic carbocycles. The summed E-state index contributed by atoms with van der Waals surface area (Å²) in [4.78, 5) is 3.69. The first-order valence-corrected chi connectivity index (χ1v) is 9.24. The van der Waals surface area contributed by atoms with E-state index >= 15 is 0 Å². The van der Waals surface area contributed by atoms with Crippen LogP contribution in [0.2, 0.25) is 0 Å². The van der Waals surface area contributed by atoms with Crippen LogP contribution in [0.25, 0.3) is 0 Å². The van der Waals surface area contributed by atoms with Crippen LogP contribution in [0.1, 0.15) is 41.7 Å². The van der Waals surface area contributed by atoms with E-state index in [9.17, 15) is 5.11 Å². The van der Waals surface area contributed by atoms with E-state index in [0.717, 1.165) is 29.7 Å². The van der Waals surface area contributed by atoms with Gasteiger partial charge in [0.2, 0.25) is 0 Å².